The number of H-pyrrole nitrogens is 1. The molecule has 8 nitrogen and oxygen atoms in total. The number of carbonyl (C=O) groups excluding carboxylic acids is 2. The minimum atomic E-state index is -0.994. The highest BCUT2D eigenvalue weighted by atomic mass is 19.1. The number of nitrogens with one attached hydrogen (secondary N) is 3. The van der Waals surface area contributed by atoms with Crippen LogP contribution in [0.3, 0.4) is 0 Å². The molecule has 2 aromatic rings. The number of nitrogens with zero attached hydrogens (tertiary/aromatic N) is 3. The molecule has 1 aliphatic heterocycles. The lowest BCUT2D eigenvalue weighted by molar-refractivity contribution is -0.126. The maximum atomic E-state index is 13.8. The van der Waals surface area contributed by atoms with Crippen molar-refractivity contribution in [2.75, 3.05) is 18.4 Å². The maximum Gasteiger partial charge on any atom is 0.255 e. The van der Waals surface area contributed by atoms with Gasteiger partial charge in [-0.25, -0.2) is 14.4 Å². The van der Waals surface area contributed by atoms with Gasteiger partial charge < -0.3 is 20.5 Å². The van der Waals surface area contributed by atoms with Crippen molar-refractivity contribution in [1.82, 2.24) is 25.2 Å². The highest BCUT2D eigenvalue weighted by Gasteiger charge is 2.29. The van der Waals surface area contributed by atoms with Gasteiger partial charge >= 0.3 is 0 Å². The van der Waals surface area contributed by atoms with Gasteiger partial charge in [0.15, 0.2) is 5.65 Å². The summed E-state index contributed by atoms with van der Waals surface area (Å²) in [6.45, 7) is 4.83. The van der Waals surface area contributed by atoms with Gasteiger partial charge in [0.1, 0.15) is 17.5 Å². The predicted octanol–water partition coefficient (Wildman–Crippen LogP) is 2.17. The SMILES string of the molecule is C=CC(=O)N1CCC(Nc2cnc3[nH]cc(C(=O)NC4CCCC4F)c3n2)CC1. The molecule has 4 rings (SSSR count). The van der Waals surface area contributed by atoms with Crippen molar-refractivity contribution in [3.63, 3.8) is 0 Å². The van der Waals surface area contributed by atoms with Gasteiger partial charge in [-0.05, 0) is 38.2 Å². The Labute approximate surface area is 168 Å². The number of halogens is 1. The van der Waals surface area contributed by atoms with Crippen LogP contribution in [0, 0.1) is 0 Å². The zero-order valence-corrected chi connectivity index (χ0v) is 16.2. The first-order chi connectivity index (χ1) is 14.0. The third kappa shape index (κ3) is 4.08. The van der Waals surface area contributed by atoms with Crippen LogP contribution in [0.1, 0.15) is 42.5 Å². The van der Waals surface area contributed by atoms with Crippen molar-refractivity contribution in [1.29, 1.82) is 0 Å². The number of hydrogen-bond acceptors (Lipinski definition) is 5. The summed E-state index contributed by atoms with van der Waals surface area (Å²) in [4.78, 5) is 37.9. The molecule has 1 aliphatic carbocycles. The van der Waals surface area contributed by atoms with Crippen LogP contribution in [-0.2, 0) is 4.79 Å². The third-order valence-corrected chi connectivity index (χ3v) is 5.71. The van der Waals surface area contributed by atoms with Crippen LogP contribution in [0.4, 0.5) is 10.2 Å². The number of rotatable bonds is 5. The minimum absolute atomic E-state index is 0.0505. The molecule has 3 heterocycles. The van der Waals surface area contributed by atoms with Crippen LogP contribution >= 0.6 is 0 Å². The lowest BCUT2D eigenvalue weighted by Gasteiger charge is -2.31. The van der Waals surface area contributed by atoms with Crippen molar-refractivity contribution in [2.45, 2.75) is 50.4 Å². The van der Waals surface area contributed by atoms with Crippen LogP contribution in [-0.4, -0.2) is 63.0 Å². The van der Waals surface area contributed by atoms with Gasteiger partial charge in [-0.1, -0.05) is 6.58 Å². The summed E-state index contributed by atoms with van der Waals surface area (Å²) in [7, 11) is 0. The molecule has 0 aromatic carbocycles. The number of carbonyl (C=O) groups is 2. The minimum Gasteiger partial charge on any atom is -0.366 e. The normalized spacial score (nSPS) is 22.6. The van der Waals surface area contributed by atoms with E-state index in [9.17, 15) is 14.0 Å². The first-order valence-corrected chi connectivity index (χ1v) is 10.0. The predicted molar refractivity (Wildman–Crippen MR) is 107 cm³/mol. The lowest BCUT2D eigenvalue weighted by Crippen LogP contribution is -2.41. The van der Waals surface area contributed by atoms with E-state index in [1.807, 2.05) is 0 Å². The van der Waals surface area contributed by atoms with E-state index in [0.29, 0.717) is 48.5 Å². The highest BCUT2D eigenvalue weighted by Crippen LogP contribution is 2.24. The Morgan fingerprint density at radius 1 is 1.28 bits per heavy atom. The highest BCUT2D eigenvalue weighted by molar-refractivity contribution is 6.04. The molecule has 2 atom stereocenters. The van der Waals surface area contributed by atoms with E-state index >= 15 is 0 Å². The van der Waals surface area contributed by atoms with Crippen LogP contribution < -0.4 is 10.6 Å². The van der Waals surface area contributed by atoms with E-state index < -0.39 is 12.2 Å². The van der Waals surface area contributed by atoms with E-state index in [-0.39, 0.29) is 17.9 Å². The van der Waals surface area contributed by atoms with E-state index in [4.69, 9.17) is 0 Å². The molecule has 0 bridgehead atoms. The largest absolute Gasteiger partial charge is 0.366 e. The number of hydrogen-bond donors (Lipinski definition) is 3. The first kappa shape index (κ1) is 19.4. The number of aromatic amines is 1. The number of anilines is 1. The van der Waals surface area contributed by atoms with Gasteiger partial charge in [0.25, 0.3) is 5.91 Å². The first-order valence-electron chi connectivity index (χ1n) is 10.0. The van der Waals surface area contributed by atoms with Crippen LogP contribution in [0.25, 0.3) is 11.2 Å². The summed E-state index contributed by atoms with van der Waals surface area (Å²) in [5.74, 6) is 0.183. The molecule has 1 saturated heterocycles. The lowest BCUT2D eigenvalue weighted by atomic mass is 10.1. The van der Waals surface area contributed by atoms with Crippen molar-refractivity contribution >= 4 is 28.8 Å². The molecule has 2 amide bonds. The zero-order valence-electron chi connectivity index (χ0n) is 16.2. The molecule has 2 aliphatic rings. The van der Waals surface area contributed by atoms with Gasteiger partial charge in [0.2, 0.25) is 5.91 Å². The van der Waals surface area contributed by atoms with Crippen molar-refractivity contribution in [3.8, 4) is 0 Å². The fourth-order valence-electron chi connectivity index (χ4n) is 4.04. The summed E-state index contributed by atoms with van der Waals surface area (Å²) in [6, 6.07) is -0.275. The van der Waals surface area contributed by atoms with Crippen LogP contribution in [0.15, 0.2) is 25.0 Å². The second-order valence-corrected chi connectivity index (χ2v) is 7.63. The second-order valence-electron chi connectivity index (χ2n) is 7.63. The Balaban J connectivity index is 1.44. The Morgan fingerprint density at radius 3 is 2.76 bits per heavy atom. The second kappa shape index (κ2) is 8.18. The summed E-state index contributed by atoms with van der Waals surface area (Å²) >= 11 is 0. The monoisotopic (exact) mass is 400 g/mol. The molecule has 2 fully saturated rings. The molecule has 2 unspecified atom stereocenters. The van der Waals surface area contributed by atoms with E-state index in [1.165, 1.54) is 6.08 Å². The molecule has 1 saturated carbocycles. The molecule has 3 N–H and O–H groups in total. The average molecular weight is 400 g/mol. The number of likely N-dealkylation sites (tertiary alicyclic amines) is 1. The van der Waals surface area contributed by atoms with Gasteiger partial charge in [-0.3, -0.25) is 9.59 Å². The van der Waals surface area contributed by atoms with Gasteiger partial charge in [-0.2, -0.15) is 0 Å². The summed E-state index contributed by atoms with van der Waals surface area (Å²) in [5, 5.41) is 6.12. The molecule has 2 aromatic heterocycles. The number of fused-ring (bicyclic) bond motifs is 1. The molecule has 154 valence electrons. The Kier molecular flexibility index (Phi) is 5.46. The number of alkyl halides is 1. The molecular formula is C20H25FN6O2. The van der Waals surface area contributed by atoms with Gasteiger partial charge in [0, 0.05) is 25.3 Å². The van der Waals surface area contributed by atoms with Gasteiger partial charge in [0.05, 0.1) is 17.8 Å². The van der Waals surface area contributed by atoms with E-state index in [0.717, 1.165) is 19.3 Å². The Hall–Kier alpha value is -2.97. The fraction of sp³-hybridized carbons (Fsp3) is 0.500. The average Bonchev–Trinajstić information content (AvgIpc) is 3.34. The standard InChI is InChI=1S/C20H25FN6O2/c1-2-17(28)27-8-6-12(7-9-27)24-16-11-23-19-18(26-16)13(10-22-19)20(29)25-15-5-3-4-14(15)21/h2,10-12,14-15H,1,3-9H2,(H,22,23)(H,24,26)(H,25,29). The van der Waals surface area contributed by atoms with Crippen molar-refractivity contribution in [3.05, 3.63) is 30.6 Å². The van der Waals surface area contributed by atoms with Crippen molar-refractivity contribution in [2.24, 2.45) is 0 Å². The molecule has 9 heteroatoms. The molecule has 29 heavy (non-hydrogen) atoms. The van der Waals surface area contributed by atoms with Gasteiger partial charge in [-0.15, -0.1) is 0 Å². The Bertz CT molecular complexity index is 921. The fourth-order valence-corrected chi connectivity index (χ4v) is 4.04. The number of amides is 2. The zero-order chi connectivity index (χ0) is 20.4. The van der Waals surface area contributed by atoms with E-state index in [2.05, 4.69) is 32.2 Å². The number of piperidine rings is 1. The summed E-state index contributed by atoms with van der Waals surface area (Å²) < 4.78 is 13.8. The number of aromatic nitrogens is 3. The quantitative estimate of drug-likeness (QED) is 0.668. The summed E-state index contributed by atoms with van der Waals surface area (Å²) in [6.07, 6.45) is 7.03. The van der Waals surface area contributed by atoms with Crippen LogP contribution in [0.5, 0.6) is 0 Å². The van der Waals surface area contributed by atoms with Crippen LogP contribution in [0.2, 0.25) is 0 Å². The smallest absolute Gasteiger partial charge is 0.255 e. The molecular weight excluding hydrogens is 375 g/mol. The van der Waals surface area contributed by atoms with E-state index in [1.54, 1.807) is 17.3 Å². The molecule has 0 radical (unpaired) electrons. The van der Waals surface area contributed by atoms with Crippen molar-refractivity contribution < 1.29 is 14.0 Å². The Morgan fingerprint density at radius 2 is 2.07 bits per heavy atom. The summed E-state index contributed by atoms with van der Waals surface area (Å²) in [5.41, 5.74) is 1.33. The molecule has 0 spiro atoms. The maximum absolute atomic E-state index is 13.8. The topological polar surface area (TPSA) is 103 Å². The third-order valence-electron chi connectivity index (χ3n) is 5.71.